The lowest BCUT2D eigenvalue weighted by molar-refractivity contribution is -0.141. The van der Waals surface area contributed by atoms with Gasteiger partial charge in [-0.05, 0) is 129 Å². The van der Waals surface area contributed by atoms with Gasteiger partial charge in [0.2, 0.25) is 0 Å². The predicted octanol–water partition coefficient (Wildman–Crippen LogP) is 10.7. The Balaban J connectivity index is 1.21. The number of methoxy groups -OCH3 is 2. The smallest absolute Gasteiger partial charge is 0.305 e. The van der Waals surface area contributed by atoms with Gasteiger partial charge in [0.25, 0.3) is 0 Å². The molecule has 0 aliphatic heterocycles. The molecule has 0 fully saturated rings. The van der Waals surface area contributed by atoms with Crippen LogP contribution in [0.15, 0.2) is 122 Å². The Hall–Kier alpha value is -5.78. The van der Waals surface area contributed by atoms with Gasteiger partial charge in [-0.25, -0.2) is 0 Å². The van der Waals surface area contributed by atoms with Crippen molar-refractivity contribution in [2.75, 3.05) is 27.4 Å². The van der Waals surface area contributed by atoms with E-state index in [9.17, 15) is 9.59 Å². The standard InChI is InChI=1S/C37H40N6O6/c1-27-26-32(42-40-31-16-21-34(22-17-31)49-25-7-5-9-37(45)47-3)18-23-35(27)43-41-29-12-10-28(11-13-29)38-39-30-14-19-33(20-15-30)48-24-6-4-8-36(44)46-2/h10-23,26H,4-9,24-25H2,1-3H3. The number of ether oxygens (including phenoxy) is 4. The van der Waals surface area contributed by atoms with E-state index in [0.29, 0.717) is 54.5 Å². The van der Waals surface area contributed by atoms with Crippen LogP contribution in [-0.2, 0) is 19.1 Å². The molecule has 0 N–H and O–H groups in total. The first-order chi connectivity index (χ1) is 23.9. The monoisotopic (exact) mass is 664 g/mol. The minimum absolute atomic E-state index is 0.207. The van der Waals surface area contributed by atoms with Crippen LogP contribution in [0.2, 0.25) is 0 Å². The molecule has 0 unspecified atom stereocenters. The van der Waals surface area contributed by atoms with Gasteiger partial charge in [-0.1, -0.05) is 0 Å². The molecule has 0 heterocycles. The molecule has 4 aromatic rings. The summed E-state index contributed by atoms with van der Waals surface area (Å²) < 4.78 is 20.7. The van der Waals surface area contributed by atoms with Crippen LogP contribution in [0.1, 0.15) is 44.1 Å². The van der Waals surface area contributed by atoms with E-state index in [4.69, 9.17) is 9.47 Å². The number of azo groups is 3. The molecule has 0 aliphatic rings. The molecule has 0 amide bonds. The highest BCUT2D eigenvalue weighted by Crippen LogP contribution is 2.29. The van der Waals surface area contributed by atoms with E-state index < -0.39 is 0 Å². The van der Waals surface area contributed by atoms with Gasteiger partial charge in [-0.15, -0.1) is 0 Å². The summed E-state index contributed by atoms with van der Waals surface area (Å²) in [5.41, 5.74) is 5.11. The number of esters is 2. The summed E-state index contributed by atoms with van der Waals surface area (Å²) >= 11 is 0. The van der Waals surface area contributed by atoms with Crippen LogP contribution < -0.4 is 9.47 Å². The fourth-order valence-corrected chi connectivity index (χ4v) is 4.29. The molecule has 12 heteroatoms. The van der Waals surface area contributed by atoms with Gasteiger partial charge in [0.05, 0.1) is 61.6 Å². The van der Waals surface area contributed by atoms with Gasteiger partial charge >= 0.3 is 11.9 Å². The summed E-state index contributed by atoms with van der Waals surface area (Å²) in [7, 11) is 2.78. The minimum Gasteiger partial charge on any atom is -0.494 e. The Morgan fingerprint density at radius 3 is 1.27 bits per heavy atom. The lowest BCUT2D eigenvalue weighted by atomic mass is 10.2. The minimum atomic E-state index is -0.207. The molecule has 0 radical (unpaired) electrons. The van der Waals surface area contributed by atoms with Crippen molar-refractivity contribution in [3.05, 3.63) is 96.6 Å². The third kappa shape index (κ3) is 13.1. The molecule has 0 saturated heterocycles. The van der Waals surface area contributed by atoms with Crippen molar-refractivity contribution in [1.29, 1.82) is 0 Å². The SMILES string of the molecule is COC(=O)CCCCOc1ccc(N=Nc2ccc(N=Nc3ccc(N=Nc4ccc(OCCCCC(=O)OC)cc4)cc3C)cc2)cc1. The van der Waals surface area contributed by atoms with Crippen molar-refractivity contribution in [3.63, 3.8) is 0 Å². The molecule has 254 valence electrons. The van der Waals surface area contributed by atoms with Crippen molar-refractivity contribution < 1.29 is 28.5 Å². The lowest BCUT2D eigenvalue weighted by Gasteiger charge is -2.06. The van der Waals surface area contributed by atoms with E-state index in [0.717, 1.165) is 48.4 Å². The first kappa shape index (κ1) is 36.1. The average Bonchev–Trinajstić information content (AvgIpc) is 3.13. The summed E-state index contributed by atoms with van der Waals surface area (Å²) in [5, 5.41) is 26.0. The molecule has 4 aromatic carbocycles. The topological polar surface area (TPSA) is 145 Å². The van der Waals surface area contributed by atoms with Crippen LogP contribution in [0.4, 0.5) is 34.1 Å². The third-order valence-electron chi connectivity index (χ3n) is 7.08. The molecular weight excluding hydrogens is 624 g/mol. The first-order valence-corrected chi connectivity index (χ1v) is 16.0. The summed E-state index contributed by atoms with van der Waals surface area (Å²) in [6.07, 6.45) is 3.76. The first-order valence-electron chi connectivity index (χ1n) is 16.0. The highest BCUT2D eigenvalue weighted by atomic mass is 16.5. The zero-order valence-electron chi connectivity index (χ0n) is 27.9. The molecule has 0 aromatic heterocycles. The summed E-state index contributed by atoms with van der Waals surface area (Å²) in [4.78, 5) is 22.3. The molecule has 0 atom stereocenters. The van der Waals surface area contributed by atoms with Crippen LogP contribution in [0, 0.1) is 6.92 Å². The maximum atomic E-state index is 11.2. The molecule has 49 heavy (non-hydrogen) atoms. The second-order valence-electron chi connectivity index (χ2n) is 10.8. The molecule has 4 rings (SSSR count). The average molecular weight is 665 g/mol. The Labute approximate surface area is 285 Å². The largest absolute Gasteiger partial charge is 0.494 e. The van der Waals surface area contributed by atoms with Gasteiger partial charge in [0.1, 0.15) is 11.5 Å². The van der Waals surface area contributed by atoms with Gasteiger partial charge in [-0.3, -0.25) is 9.59 Å². The predicted molar refractivity (Wildman–Crippen MR) is 186 cm³/mol. The number of benzene rings is 4. The third-order valence-corrected chi connectivity index (χ3v) is 7.08. The fraction of sp³-hybridized carbons (Fsp3) is 0.297. The Bertz CT molecular complexity index is 1720. The van der Waals surface area contributed by atoms with Crippen LogP contribution in [-0.4, -0.2) is 39.4 Å². The highest BCUT2D eigenvalue weighted by Gasteiger charge is 2.03. The summed E-state index contributed by atoms with van der Waals surface area (Å²) in [6.45, 7) is 2.99. The number of aryl methyl sites for hydroxylation is 1. The van der Waals surface area contributed by atoms with Crippen LogP contribution in [0.3, 0.4) is 0 Å². The molecule has 0 aliphatic carbocycles. The van der Waals surface area contributed by atoms with E-state index >= 15 is 0 Å². The van der Waals surface area contributed by atoms with Crippen molar-refractivity contribution >= 4 is 46.1 Å². The maximum Gasteiger partial charge on any atom is 0.305 e. The van der Waals surface area contributed by atoms with E-state index in [1.807, 2.05) is 97.9 Å². The van der Waals surface area contributed by atoms with Crippen molar-refractivity contribution in [2.45, 2.75) is 45.4 Å². The van der Waals surface area contributed by atoms with Crippen LogP contribution >= 0.6 is 0 Å². The number of rotatable bonds is 18. The Morgan fingerprint density at radius 2 is 0.857 bits per heavy atom. The van der Waals surface area contributed by atoms with Crippen molar-refractivity contribution in [2.24, 2.45) is 30.7 Å². The normalized spacial score (nSPS) is 11.3. The van der Waals surface area contributed by atoms with Crippen LogP contribution in [0.25, 0.3) is 0 Å². The van der Waals surface area contributed by atoms with Crippen LogP contribution in [0.5, 0.6) is 11.5 Å². The number of hydrogen-bond donors (Lipinski definition) is 0. The van der Waals surface area contributed by atoms with Gasteiger partial charge in [0.15, 0.2) is 0 Å². The second kappa shape index (κ2) is 19.8. The quantitative estimate of drug-likeness (QED) is 0.0587. The summed E-state index contributed by atoms with van der Waals surface area (Å²) in [6, 6.07) is 27.6. The Morgan fingerprint density at radius 1 is 0.490 bits per heavy atom. The zero-order valence-corrected chi connectivity index (χ0v) is 27.9. The number of carbonyl (C=O) groups is 2. The molecule has 0 spiro atoms. The number of nitrogens with zero attached hydrogens (tertiary/aromatic N) is 6. The fourth-order valence-electron chi connectivity index (χ4n) is 4.29. The number of carbonyl (C=O) groups excluding carboxylic acids is 2. The van der Waals surface area contributed by atoms with Crippen molar-refractivity contribution in [3.8, 4) is 11.5 Å². The van der Waals surface area contributed by atoms with Gasteiger partial charge < -0.3 is 18.9 Å². The highest BCUT2D eigenvalue weighted by molar-refractivity contribution is 5.69. The molecule has 0 saturated carbocycles. The zero-order chi connectivity index (χ0) is 34.7. The number of hydrogen-bond acceptors (Lipinski definition) is 12. The second-order valence-corrected chi connectivity index (χ2v) is 10.8. The molecule has 12 nitrogen and oxygen atoms in total. The lowest BCUT2D eigenvalue weighted by Crippen LogP contribution is -2.02. The van der Waals surface area contributed by atoms with Gasteiger partial charge in [0, 0.05) is 12.8 Å². The van der Waals surface area contributed by atoms with E-state index in [1.54, 1.807) is 0 Å². The summed E-state index contributed by atoms with van der Waals surface area (Å²) in [5.74, 6) is 1.05. The number of unbranched alkanes of at least 4 members (excludes halogenated alkanes) is 2. The Kier molecular flexibility index (Phi) is 14.6. The van der Waals surface area contributed by atoms with E-state index in [-0.39, 0.29) is 11.9 Å². The van der Waals surface area contributed by atoms with E-state index in [2.05, 4.69) is 40.2 Å². The molecule has 0 bridgehead atoms. The maximum absolute atomic E-state index is 11.2. The van der Waals surface area contributed by atoms with E-state index in [1.165, 1.54) is 14.2 Å². The van der Waals surface area contributed by atoms with Gasteiger partial charge in [-0.2, -0.15) is 30.7 Å². The van der Waals surface area contributed by atoms with Crippen molar-refractivity contribution in [1.82, 2.24) is 0 Å². The molecular formula is C37H40N6O6.